The number of nitrogens with one attached hydrogen (secondary N) is 1. The van der Waals surface area contributed by atoms with Crippen molar-refractivity contribution in [2.75, 3.05) is 0 Å². The molecule has 0 bridgehead atoms. The van der Waals surface area contributed by atoms with Gasteiger partial charge < -0.3 is 0 Å². The zero-order valence-corrected chi connectivity index (χ0v) is 9.24. The standard InChI is InChI=1S/C10H7ClFN3O2/c11-8-6(2-1-3-13-8)4-15-5-7(12)9(16)14-10(15)17/h1-3,5H,4H2,(H,14,16,17). The van der Waals surface area contributed by atoms with Crippen LogP contribution in [0, 0.1) is 5.82 Å². The molecule has 2 heterocycles. The topological polar surface area (TPSA) is 67.8 Å². The molecule has 0 fully saturated rings. The Kier molecular flexibility index (Phi) is 3.06. The van der Waals surface area contributed by atoms with Crippen molar-refractivity contribution in [2.45, 2.75) is 6.54 Å². The average molecular weight is 256 g/mol. The van der Waals surface area contributed by atoms with E-state index in [1.165, 1.54) is 6.20 Å². The summed E-state index contributed by atoms with van der Waals surface area (Å²) in [6, 6.07) is 3.30. The van der Waals surface area contributed by atoms with Gasteiger partial charge in [0, 0.05) is 11.8 Å². The van der Waals surface area contributed by atoms with Crippen LogP contribution in [0.15, 0.2) is 34.1 Å². The van der Waals surface area contributed by atoms with Gasteiger partial charge in [0.25, 0.3) is 5.56 Å². The number of hydrogen-bond donors (Lipinski definition) is 1. The van der Waals surface area contributed by atoms with E-state index in [0.29, 0.717) is 5.56 Å². The molecule has 88 valence electrons. The van der Waals surface area contributed by atoms with Crippen LogP contribution in [0.5, 0.6) is 0 Å². The van der Waals surface area contributed by atoms with E-state index < -0.39 is 17.1 Å². The molecular formula is C10H7ClFN3O2. The molecule has 0 aliphatic heterocycles. The lowest BCUT2D eigenvalue weighted by atomic mass is 10.3. The number of rotatable bonds is 2. The molecule has 0 aromatic carbocycles. The van der Waals surface area contributed by atoms with Gasteiger partial charge in [-0.15, -0.1) is 0 Å². The average Bonchev–Trinajstić information content (AvgIpc) is 2.29. The monoisotopic (exact) mass is 255 g/mol. The third-order valence-corrected chi connectivity index (χ3v) is 2.48. The minimum absolute atomic E-state index is 0.0409. The molecule has 0 radical (unpaired) electrons. The fourth-order valence-corrected chi connectivity index (χ4v) is 1.50. The van der Waals surface area contributed by atoms with Gasteiger partial charge in [-0.25, -0.2) is 9.78 Å². The van der Waals surface area contributed by atoms with Crippen molar-refractivity contribution >= 4 is 11.6 Å². The van der Waals surface area contributed by atoms with Crippen LogP contribution in [0.3, 0.4) is 0 Å². The fourth-order valence-electron chi connectivity index (χ4n) is 1.32. The van der Waals surface area contributed by atoms with E-state index in [2.05, 4.69) is 4.98 Å². The van der Waals surface area contributed by atoms with Gasteiger partial charge in [-0.2, -0.15) is 4.39 Å². The lowest BCUT2D eigenvalue weighted by Crippen LogP contribution is -2.31. The summed E-state index contributed by atoms with van der Waals surface area (Å²) < 4.78 is 14.0. The van der Waals surface area contributed by atoms with Gasteiger partial charge in [0.05, 0.1) is 12.7 Å². The Balaban J connectivity index is 2.44. The van der Waals surface area contributed by atoms with Crippen molar-refractivity contribution in [1.82, 2.24) is 14.5 Å². The smallest absolute Gasteiger partial charge is 0.293 e. The summed E-state index contributed by atoms with van der Waals surface area (Å²) in [5, 5.41) is 0.228. The van der Waals surface area contributed by atoms with Crippen LogP contribution >= 0.6 is 11.6 Å². The molecule has 2 aromatic rings. The zero-order valence-electron chi connectivity index (χ0n) is 8.48. The summed E-state index contributed by atoms with van der Waals surface area (Å²) in [6.07, 6.45) is 2.34. The SMILES string of the molecule is O=c1[nH]c(=O)n(Cc2cccnc2Cl)cc1F. The molecule has 0 atom stereocenters. The van der Waals surface area contributed by atoms with E-state index in [1.54, 1.807) is 12.1 Å². The predicted octanol–water partition coefficient (Wildman–Crippen LogP) is 0.772. The number of halogens is 2. The van der Waals surface area contributed by atoms with Crippen molar-refractivity contribution in [1.29, 1.82) is 0 Å². The maximum Gasteiger partial charge on any atom is 0.328 e. The van der Waals surface area contributed by atoms with Gasteiger partial charge in [0.1, 0.15) is 5.15 Å². The van der Waals surface area contributed by atoms with E-state index in [-0.39, 0.29) is 11.7 Å². The summed E-state index contributed by atoms with van der Waals surface area (Å²) in [5.41, 5.74) is -1.18. The van der Waals surface area contributed by atoms with Gasteiger partial charge in [-0.05, 0) is 6.07 Å². The highest BCUT2D eigenvalue weighted by Crippen LogP contribution is 2.11. The molecule has 17 heavy (non-hydrogen) atoms. The second kappa shape index (κ2) is 4.50. The maximum atomic E-state index is 13.0. The summed E-state index contributed by atoms with van der Waals surface area (Å²) in [6.45, 7) is 0.0409. The summed E-state index contributed by atoms with van der Waals surface area (Å²) in [4.78, 5) is 27.9. The molecule has 2 rings (SSSR count). The van der Waals surface area contributed by atoms with Gasteiger partial charge in [-0.1, -0.05) is 17.7 Å². The molecule has 1 N–H and O–H groups in total. The van der Waals surface area contributed by atoms with Crippen LogP contribution in [0.4, 0.5) is 4.39 Å². The van der Waals surface area contributed by atoms with Crippen LogP contribution in [-0.2, 0) is 6.54 Å². The molecule has 5 nitrogen and oxygen atoms in total. The van der Waals surface area contributed by atoms with E-state index in [4.69, 9.17) is 11.6 Å². The molecule has 0 spiro atoms. The first-order valence-corrected chi connectivity index (χ1v) is 5.04. The van der Waals surface area contributed by atoms with E-state index in [1.807, 2.05) is 4.98 Å². The second-order valence-electron chi connectivity index (χ2n) is 3.32. The Labute approximate surface area is 99.5 Å². The van der Waals surface area contributed by atoms with Crippen LogP contribution < -0.4 is 11.2 Å². The molecule has 0 aliphatic rings. The molecule has 0 amide bonds. The molecule has 2 aromatic heterocycles. The van der Waals surface area contributed by atoms with E-state index >= 15 is 0 Å². The number of aromatic amines is 1. The summed E-state index contributed by atoms with van der Waals surface area (Å²) >= 11 is 5.81. The highest BCUT2D eigenvalue weighted by molar-refractivity contribution is 6.30. The third kappa shape index (κ3) is 2.42. The van der Waals surface area contributed by atoms with Crippen LogP contribution in [-0.4, -0.2) is 14.5 Å². The first-order valence-electron chi connectivity index (χ1n) is 4.66. The predicted molar refractivity (Wildman–Crippen MR) is 59.6 cm³/mol. The number of H-pyrrole nitrogens is 1. The Morgan fingerprint density at radius 2 is 2.24 bits per heavy atom. The van der Waals surface area contributed by atoms with E-state index in [9.17, 15) is 14.0 Å². The lowest BCUT2D eigenvalue weighted by molar-refractivity contribution is 0.566. The number of aromatic nitrogens is 3. The van der Waals surface area contributed by atoms with Crippen molar-refractivity contribution < 1.29 is 4.39 Å². The lowest BCUT2D eigenvalue weighted by Gasteiger charge is -2.05. The maximum absolute atomic E-state index is 13.0. The Morgan fingerprint density at radius 1 is 1.47 bits per heavy atom. The van der Waals surface area contributed by atoms with Crippen molar-refractivity contribution in [3.05, 3.63) is 61.9 Å². The normalized spacial score (nSPS) is 10.5. The van der Waals surface area contributed by atoms with Crippen LogP contribution in [0.25, 0.3) is 0 Å². The zero-order chi connectivity index (χ0) is 12.4. The van der Waals surface area contributed by atoms with Gasteiger partial charge >= 0.3 is 5.69 Å². The molecule has 0 saturated carbocycles. The van der Waals surface area contributed by atoms with Gasteiger partial charge in [-0.3, -0.25) is 14.3 Å². The number of nitrogens with zero attached hydrogens (tertiary/aromatic N) is 2. The highest BCUT2D eigenvalue weighted by Gasteiger charge is 2.06. The Hall–Kier alpha value is -1.95. The van der Waals surface area contributed by atoms with E-state index in [0.717, 1.165) is 10.8 Å². The number of pyridine rings is 1. The second-order valence-corrected chi connectivity index (χ2v) is 3.68. The van der Waals surface area contributed by atoms with Gasteiger partial charge in [0.2, 0.25) is 5.82 Å². The molecule has 0 aliphatic carbocycles. The first-order chi connectivity index (χ1) is 8.08. The highest BCUT2D eigenvalue weighted by atomic mass is 35.5. The molecule has 7 heteroatoms. The Bertz CT molecular complexity index is 665. The van der Waals surface area contributed by atoms with Crippen LogP contribution in [0.2, 0.25) is 5.15 Å². The fraction of sp³-hybridized carbons (Fsp3) is 0.100. The summed E-state index contributed by atoms with van der Waals surface area (Å²) in [7, 11) is 0. The number of hydrogen-bond acceptors (Lipinski definition) is 3. The van der Waals surface area contributed by atoms with Crippen molar-refractivity contribution in [3.8, 4) is 0 Å². The quantitative estimate of drug-likeness (QED) is 0.806. The first kappa shape index (κ1) is 11.5. The largest absolute Gasteiger partial charge is 0.328 e. The molecular weight excluding hydrogens is 249 g/mol. The summed E-state index contributed by atoms with van der Waals surface area (Å²) in [5.74, 6) is -1.02. The van der Waals surface area contributed by atoms with Crippen molar-refractivity contribution in [3.63, 3.8) is 0 Å². The minimum atomic E-state index is -1.04. The molecule has 0 saturated heterocycles. The minimum Gasteiger partial charge on any atom is -0.293 e. The Morgan fingerprint density at radius 3 is 2.94 bits per heavy atom. The molecule has 0 unspecified atom stereocenters. The van der Waals surface area contributed by atoms with Crippen LogP contribution in [0.1, 0.15) is 5.56 Å². The third-order valence-electron chi connectivity index (χ3n) is 2.14. The van der Waals surface area contributed by atoms with Crippen molar-refractivity contribution in [2.24, 2.45) is 0 Å². The van der Waals surface area contributed by atoms with Gasteiger partial charge in [0.15, 0.2) is 0 Å².